The minimum absolute atomic E-state index is 0.0661. The Morgan fingerprint density at radius 3 is 2.81 bits per heavy atom. The molecule has 1 rings (SSSR count). The standard InChI is InChI=1S/C8H11F3N4O/c9-8(10,11)5-16-4-3-13-6-1-2-14-7(12)15-6/h1-2H,3-5H2,(H3,12,13,14,15). The number of ether oxygens (including phenoxy) is 1. The summed E-state index contributed by atoms with van der Waals surface area (Å²) in [5, 5.41) is 2.75. The molecule has 0 fully saturated rings. The number of nitrogens with two attached hydrogens (primary N) is 1. The van der Waals surface area contributed by atoms with Crippen LogP contribution in [-0.4, -0.2) is 35.9 Å². The predicted octanol–water partition coefficient (Wildman–Crippen LogP) is 1.05. The summed E-state index contributed by atoms with van der Waals surface area (Å²) in [6, 6.07) is 1.56. The maximum absolute atomic E-state index is 11.7. The Morgan fingerprint density at radius 1 is 1.44 bits per heavy atom. The van der Waals surface area contributed by atoms with Gasteiger partial charge in [-0.05, 0) is 6.07 Å². The highest BCUT2D eigenvalue weighted by atomic mass is 19.4. The van der Waals surface area contributed by atoms with E-state index >= 15 is 0 Å². The average molecular weight is 236 g/mol. The molecule has 0 spiro atoms. The fraction of sp³-hybridized carbons (Fsp3) is 0.500. The monoisotopic (exact) mass is 236 g/mol. The minimum atomic E-state index is -4.29. The molecule has 0 amide bonds. The van der Waals surface area contributed by atoms with E-state index in [1.54, 1.807) is 6.07 Å². The van der Waals surface area contributed by atoms with Crippen LogP contribution in [0.25, 0.3) is 0 Å². The molecule has 1 aromatic rings. The Morgan fingerprint density at radius 2 is 2.19 bits per heavy atom. The van der Waals surface area contributed by atoms with Crippen molar-refractivity contribution >= 4 is 11.8 Å². The Hall–Kier alpha value is -1.57. The van der Waals surface area contributed by atoms with Gasteiger partial charge in [0.1, 0.15) is 12.4 Å². The summed E-state index contributed by atoms with van der Waals surface area (Å²) in [5.74, 6) is 0.546. The predicted molar refractivity (Wildman–Crippen MR) is 51.8 cm³/mol. The van der Waals surface area contributed by atoms with Crippen LogP contribution in [0.3, 0.4) is 0 Å². The van der Waals surface area contributed by atoms with E-state index in [1.165, 1.54) is 6.20 Å². The minimum Gasteiger partial charge on any atom is -0.370 e. The number of aromatic nitrogens is 2. The molecule has 0 saturated heterocycles. The van der Waals surface area contributed by atoms with Crippen molar-refractivity contribution < 1.29 is 17.9 Å². The highest BCUT2D eigenvalue weighted by molar-refractivity contribution is 5.37. The van der Waals surface area contributed by atoms with Gasteiger partial charge in [-0.3, -0.25) is 0 Å². The van der Waals surface area contributed by atoms with Gasteiger partial charge in [0.25, 0.3) is 0 Å². The van der Waals surface area contributed by atoms with Crippen LogP contribution in [0.15, 0.2) is 12.3 Å². The molecule has 1 heterocycles. The van der Waals surface area contributed by atoms with Gasteiger partial charge in [-0.25, -0.2) is 4.98 Å². The molecular weight excluding hydrogens is 225 g/mol. The second-order valence-corrected chi connectivity index (χ2v) is 2.89. The number of rotatable bonds is 5. The van der Waals surface area contributed by atoms with E-state index in [0.717, 1.165) is 0 Å². The fourth-order valence-corrected chi connectivity index (χ4v) is 0.911. The fourth-order valence-electron chi connectivity index (χ4n) is 0.911. The number of nitrogens with zero attached hydrogens (tertiary/aromatic N) is 2. The Labute approximate surface area is 89.8 Å². The van der Waals surface area contributed by atoms with E-state index in [0.29, 0.717) is 5.82 Å². The second kappa shape index (κ2) is 5.50. The van der Waals surface area contributed by atoms with Gasteiger partial charge in [0, 0.05) is 12.7 Å². The Kier molecular flexibility index (Phi) is 4.29. The third-order valence-corrected chi connectivity index (χ3v) is 1.49. The van der Waals surface area contributed by atoms with Gasteiger partial charge >= 0.3 is 6.18 Å². The molecule has 5 nitrogen and oxygen atoms in total. The van der Waals surface area contributed by atoms with Crippen molar-refractivity contribution in [3.05, 3.63) is 12.3 Å². The molecule has 0 saturated carbocycles. The van der Waals surface area contributed by atoms with Gasteiger partial charge in [-0.15, -0.1) is 0 Å². The van der Waals surface area contributed by atoms with Gasteiger partial charge < -0.3 is 15.8 Å². The molecule has 16 heavy (non-hydrogen) atoms. The summed E-state index contributed by atoms with van der Waals surface area (Å²) >= 11 is 0. The third kappa shape index (κ3) is 5.35. The van der Waals surface area contributed by atoms with Crippen molar-refractivity contribution in [1.82, 2.24) is 9.97 Å². The molecule has 0 atom stereocenters. The van der Waals surface area contributed by atoms with E-state index in [9.17, 15) is 13.2 Å². The molecule has 3 N–H and O–H groups in total. The zero-order chi connectivity index (χ0) is 12.0. The van der Waals surface area contributed by atoms with Crippen LogP contribution in [0.2, 0.25) is 0 Å². The zero-order valence-electron chi connectivity index (χ0n) is 8.29. The normalized spacial score (nSPS) is 11.4. The number of anilines is 2. The average Bonchev–Trinajstić information content (AvgIpc) is 2.15. The zero-order valence-corrected chi connectivity index (χ0v) is 8.29. The van der Waals surface area contributed by atoms with Crippen LogP contribution in [0.5, 0.6) is 0 Å². The summed E-state index contributed by atoms with van der Waals surface area (Å²) in [6.07, 6.45) is -2.85. The quantitative estimate of drug-likeness (QED) is 0.747. The third-order valence-electron chi connectivity index (χ3n) is 1.49. The molecule has 0 radical (unpaired) electrons. The van der Waals surface area contributed by atoms with Gasteiger partial charge in [-0.1, -0.05) is 0 Å². The number of alkyl halides is 3. The van der Waals surface area contributed by atoms with Crippen molar-refractivity contribution in [3.63, 3.8) is 0 Å². The smallest absolute Gasteiger partial charge is 0.370 e. The lowest BCUT2D eigenvalue weighted by molar-refractivity contribution is -0.172. The van der Waals surface area contributed by atoms with Gasteiger partial charge in [0.15, 0.2) is 0 Å². The second-order valence-electron chi connectivity index (χ2n) is 2.89. The number of halogens is 3. The van der Waals surface area contributed by atoms with Crippen LogP contribution in [0, 0.1) is 0 Å². The molecular formula is C8H11F3N4O. The molecule has 0 unspecified atom stereocenters. The molecule has 0 aliphatic rings. The highest BCUT2D eigenvalue weighted by Gasteiger charge is 2.27. The molecule has 0 bridgehead atoms. The summed E-state index contributed by atoms with van der Waals surface area (Å²) < 4.78 is 39.4. The van der Waals surface area contributed by atoms with E-state index in [-0.39, 0.29) is 19.1 Å². The van der Waals surface area contributed by atoms with Crippen LogP contribution < -0.4 is 11.1 Å². The SMILES string of the molecule is Nc1nccc(NCCOCC(F)(F)F)n1. The molecule has 0 aliphatic heterocycles. The molecule has 8 heteroatoms. The summed E-state index contributed by atoms with van der Waals surface area (Å²) in [6.45, 7) is -1.10. The van der Waals surface area contributed by atoms with Gasteiger partial charge in [0.05, 0.1) is 6.61 Å². The molecule has 0 aromatic carbocycles. The van der Waals surface area contributed by atoms with E-state index in [1.807, 2.05) is 0 Å². The first kappa shape index (κ1) is 12.5. The van der Waals surface area contributed by atoms with E-state index in [4.69, 9.17) is 5.73 Å². The van der Waals surface area contributed by atoms with Crippen molar-refractivity contribution in [2.24, 2.45) is 0 Å². The maximum atomic E-state index is 11.7. The largest absolute Gasteiger partial charge is 0.411 e. The Balaban J connectivity index is 2.17. The van der Waals surface area contributed by atoms with E-state index < -0.39 is 12.8 Å². The van der Waals surface area contributed by atoms with Crippen molar-refractivity contribution in [2.75, 3.05) is 30.8 Å². The number of nitrogens with one attached hydrogen (secondary N) is 1. The number of nitrogen functional groups attached to an aromatic ring is 1. The number of hydrogen-bond donors (Lipinski definition) is 2. The van der Waals surface area contributed by atoms with E-state index in [2.05, 4.69) is 20.0 Å². The van der Waals surface area contributed by atoms with Crippen LogP contribution in [0.1, 0.15) is 0 Å². The maximum Gasteiger partial charge on any atom is 0.411 e. The van der Waals surface area contributed by atoms with Crippen molar-refractivity contribution in [3.8, 4) is 0 Å². The van der Waals surface area contributed by atoms with Crippen molar-refractivity contribution in [1.29, 1.82) is 0 Å². The Bertz CT molecular complexity index is 331. The van der Waals surface area contributed by atoms with Crippen molar-refractivity contribution in [2.45, 2.75) is 6.18 Å². The summed E-state index contributed by atoms with van der Waals surface area (Å²) in [4.78, 5) is 7.46. The van der Waals surface area contributed by atoms with Gasteiger partial charge in [-0.2, -0.15) is 18.2 Å². The van der Waals surface area contributed by atoms with Crippen LogP contribution >= 0.6 is 0 Å². The lowest BCUT2D eigenvalue weighted by atomic mass is 10.5. The van der Waals surface area contributed by atoms with Gasteiger partial charge in [0.2, 0.25) is 5.95 Å². The van der Waals surface area contributed by atoms with Crippen LogP contribution in [0.4, 0.5) is 24.9 Å². The summed E-state index contributed by atoms with van der Waals surface area (Å²) in [7, 11) is 0. The number of hydrogen-bond acceptors (Lipinski definition) is 5. The highest BCUT2D eigenvalue weighted by Crippen LogP contribution is 2.14. The molecule has 90 valence electrons. The lowest BCUT2D eigenvalue weighted by Crippen LogP contribution is -2.20. The molecule has 0 aliphatic carbocycles. The lowest BCUT2D eigenvalue weighted by Gasteiger charge is -2.08. The summed E-state index contributed by atoms with van der Waals surface area (Å²) in [5.41, 5.74) is 5.30. The first-order valence-electron chi connectivity index (χ1n) is 4.44. The topological polar surface area (TPSA) is 73.1 Å². The first-order valence-corrected chi connectivity index (χ1v) is 4.44. The first-order chi connectivity index (χ1) is 7.47. The van der Waals surface area contributed by atoms with Crippen LogP contribution in [-0.2, 0) is 4.74 Å². The molecule has 1 aromatic heterocycles.